The third-order valence-electron chi connectivity index (χ3n) is 3.51. The van der Waals surface area contributed by atoms with E-state index in [1.165, 1.54) is 0 Å². The summed E-state index contributed by atoms with van der Waals surface area (Å²) in [6.45, 7) is 2.24. The molecule has 1 atom stereocenters. The number of hydrogen-bond acceptors (Lipinski definition) is 2. The highest BCUT2D eigenvalue weighted by atomic mass is 35.5. The van der Waals surface area contributed by atoms with Gasteiger partial charge in [-0.2, -0.15) is 0 Å². The lowest BCUT2D eigenvalue weighted by molar-refractivity contribution is -0.130. The molecule has 2 heterocycles. The van der Waals surface area contributed by atoms with E-state index in [0.717, 1.165) is 32.5 Å². The van der Waals surface area contributed by atoms with Gasteiger partial charge in [-0.1, -0.05) is 0 Å². The van der Waals surface area contributed by atoms with Crippen LogP contribution in [0, 0.1) is 5.41 Å². The van der Waals surface area contributed by atoms with Crippen molar-refractivity contribution in [3.8, 4) is 0 Å². The zero-order chi connectivity index (χ0) is 11.6. The second kappa shape index (κ2) is 4.62. The van der Waals surface area contributed by atoms with Gasteiger partial charge in [-0.25, -0.2) is 0 Å². The predicted octanol–water partition coefficient (Wildman–Crippen LogP) is 0.744. The maximum absolute atomic E-state index is 11.8. The highest BCUT2D eigenvalue weighted by Gasteiger charge is 2.44. The van der Waals surface area contributed by atoms with E-state index in [1.54, 1.807) is 0 Å². The molecule has 2 amide bonds. The van der Waals surface area contributed by atoms with E-state index in [2.05, 4.69) is 5.32 Å². The summed E-state index contributed by atoms with van der Waals surface area (Å²) in [4.78, 5) is 24.9. The Balaban J connectivity index is 1.88. The maximum atomic E-state index is 11.8. The topological polar surface area (TPSA) is 49.4 Å². The summed E-state index contributed by atoms with van der Waals surface area (Å²) >= 11 is 5.57. The van der Waals surface area contributed by atoms with E-state index in [9.17, 15) is 9.59 Å². The lowest BCUT2D eigenvalue weighted by Gasteiger charge is -2.21. The molecule has 1 N–H and O–H groups in total. The molecule has 0 aliphatic carbocycles. The van der Waals surface area contributed by atoms with Crippen molar-refractivity contribution in [2.24, 2.45) is 5.41 Å². The minimum absolute atomic E-state index is 0.0215. The van der Waals surface area contributed by atoms with Crippen molar-refractivity contribution >= 4 is 23.4 Å². The van der Waals surface area contributed by atoms with Crippen molar-refractivity contribution in [3.63, 3.8) is 0 Å². The molecule has 0 aromatic rings. The normalized spacial score (nSPS) is 28.8. The number of halogens is 1. The SMILES string of the molecule is O=C1CC2(CCN(C(=O)CCCCl)C2)CN1. The number of nitrogens with zero attached hydrogens (tertiary/aromatic N) is 1. The van der Waals surface area contributed by atoms with Crippen LogP contribution in [-0.2, 0) is 9.59 Å². The number of nitrogens with one attached hydrogen (secondary N) is 1. The van der Waals surface area contributed by atoms with Crippen LogP contribution in [0.25, 0.3) is 0 Å². The van der Waals surface area contributed by atoms with Gasteiger partial charge in [0.1, 0.15) is 0 Å². The Hall–Kier alpha value is -0.770. The quantitative estimate of drug-likeness (QED) is 0.745. The van der Waals surface area contributed by atoms with Crippen LogP contribution in [0.2, 0.25) is 0 Å². The molecule has 1 unspecified atom stereocenters. The van der Waals surface area contributed by atoms with Crippen molar-refractivity contribution in [2.75, 3.05) is 25.5 Å². The molecule has 4 nitrogen and oxygen atoms in total. The number of likely N-dealkylation sites (tertiary alicyclic amines) is 1. The van der Waals surface area contributed by atoms with E-state index >= 15 is 0 Å². The summed E-state index contributed by atoms with van der Waals surface area (Å²) in [5.74, 6) is 0.831. The van der Waals surface area contributed by atoms with E-state index in [1.807, 2.05) is 4.90 Å². The van der Waals surface area contributed by atoms with Crippen LogP contribution in [-0.4, -0.2) is 42.2 Å². The standard InChI is InChI=1S/C11H17ClN2O2/c12-4-1-2-10(16)14-5-3-11(8-14)6-9(15)13-7-11/h1-8H2,(H,13,15). The van der Waals surface area contributed by atoms with Crippen LogP contribution < -0.4 is 5.32 Å². The lowest BCUT2D eigenvalue weighted by atomic mass is 9.86. The number of amides is 2. The first-order valence-electron chi connectivity index (χ1n) is 5.76. The van der Waals surface area contributed by atoms with Gasteiger partial charge in [0.05, 0.1) is 0 Å². The fraction of sp³-hybridized carbons (Fsp3) is 0.818. The molecule has 0 radical (unpaired) electrons. The number of alkyl halides is 1. The third-order valence-corrected chi connectivity index (χ3v) is 3.78. The maximum Gasteiger partial charge on any atom is 0.222 e. The van der Waals surface area contributed by atoms with Gasteiger partial charge < -0.3 is 10.2 Å². The van der Waals surface area contributed by atoms with E-state index < -0.39 is 0 Å². The summed E-state index contributed by atoms with van der Waals surface area (Å²) in [5, 5.41) is 2.86. The van der Waals surface area contributed by atoms with Gasteiger partial charge in [-0.15, -0.1) is 11.6 Å². The first-order valence-corrected chi connectivity index (χ1v) is 6.29. The van der Waals surface area contributed by atoms with Crippen LogP contribution in [0.4, 0.5) is 0 Å². The second-order valence-electron chi connectivity index (χ2n) is 4.81. The molecule has 1 spiro atoms. The van der Waals surface area contributed by atoms with Gasteiger partial charge >= 0.3 is 0 Å². The van der Waals surface area contributed by atoms with E-state index in [0.29, 0.717) is 18.7 Å². The van der Waals surface area contributed by atoms with Crippen LogP contribution in [0.15, 0.2) is 0 Å². The summed E-state index contributed by atoms with van der Waals surface area (Å²) in [7, 11) is 0. The average molecular weight is 245 g/mol. The van der Waals surface area contributed by atoms with E-state index in [-0.39, 0.29) is 17.2 Å². The van der Waals surface area contributed by atoms with Gasteiger partial charge in [0, 0.05) is 43.8 Å². The Kier molecular flexibility index (Phi) is 3.38. The number of rotatable bonds is 3. The van der Waals surface area contributed by atoms with Crippen LogP contribution >= 0.6 is 11.6 Å². The Labute approximate surface area is 100 Å². The number of carbonyl (C=O) groups excluding carboxylic acids is 2. The zero-order valence-electron chi connectivity index (χ0n) is 9.30. The van der Waals surface area contributed by atoms with Crippen LogP contribution in [0.5, 0.6) is 0 Å². The lowest BCUT2D eigenvalue weighted by Crippen LogP contribution is -2.33. The summed E-state index contributed by atoms with van der Waals surface area (Å²) in [5.41, 5.74) is 0.0215. The first kappa shape index (κ1) is 11.7. The van der Waals surface area contributed by atoms with E-state index in [4.69, 9.17) is 11.6 Å². The molecule has 0 saturated carbocycles. The first-order chi connectivity index (χ1) is 7.65. The van der Waals surface area contributed by atoms with Crippen molar-refractivity contribution in [2.45, 2.75) is 25.7 Å². The van der Waals surface area contributed by atoms with Crippen LogP contribution in [0.3, 0.4) is 0 Å². The minimum Gasteiger partial charge on any atom is -0.355 e. The molecule has 0 aromatic carbocycles. The van der Waals surface area contributed by atoms with Gasteiger partial charge in [0.15, 0.2) is 0 Å². The molecule has 2 aliphatic rings. The molecule has 2 fully saturated rings. The highest BCUT2D eigenvalue weighted by molar-refractivity contribution is 6.17. The van der Waals surface area contributed by atoms with Crippen LogP contribution in [0.1, 0.15) is 25.7 Å². The Morgan fingerprint density at radius 1 is 1.56 bits per heavy atom. The Bertz CT molecular complexity index is 308. The molecule has 0 aromatic heterocycles. The molecule has 2 saturated heterocycles. The van der Waals surface area contributed by atoms with Gasteiger partial charge in [-0.05, 0) is 12.8 Å². The van der Waals surface area contributed by atoms with Crippen molar-refractivity contribution in [1.82, 2.24) is 10.2 Å². The summed E-state index contributed by atoms with van der Waals surface area (Å²) in [6, 6.07) is 0. The Morgan fingerprint density at radius 2 is 2.38 bits per heavy atom. The predicted molar refractivity (Wildman–Crippen MR) is 61.2 cm³/mol. The average Bonchev–Trinajstić information content (AvgIpc) is 2.83. The third kappa shape index (κ3) is 2.32. The summed E-state index contributed by atoms with van der Waals surface area (Å²) < 4.78 is 0. The molecule has 2 aliphatic heterocycles. The summed E-state index contributed by atoms with van der Waals surface area (Å²) in [6.07, 6.45) is 2.78. The number of hydrogen-bond donors (Lipinski definition) is 1. The van der Waals surface area contributed by atoms with Crippen molar-refractivity contribution in [3.05, 3.63) is 0 Å². The minimum atomic E-state index is 0.0215. The molecular weight excluding hydrogens is 228 g/mol. The van der Waals surface area contributed by atoms with Crippen molar-refractivity contribution < 1.29 is 9.59 Å². The number of carbonyl (C=O) groups is 2. The second-order valence-corrected chi connectivity index (χ2v) is 5.19. The zero-order valence-corrected chi connectivity index (χ0v) is 10.1. The molecule has 2 rings (SSSR count). The highest BCUT2D eigenvalue weighted by Crippen LogP contribution is 2.36. The molecule has 16 heavy (non-hydrogen) atoms. The molecule has 5 heteroatoms. The molecular formula is C11H17ClN2O2. The van der Waals surface area contributed by atoms with Gasteiger partial charge in [0.25, 0.3) is 0 Å². The molecule has 90 valence electrons. The largest absolute Gasteiger partial charge is 0.355 e. The van der Waals surface area contributed by atoms with Gasteiger partial charge in [-0.3, -0.25) is 9.59 Å². The Morgan fingerprint density at radius 3 is 3.00 bits per heavy atom. The smallest absolute Gasteiger partial charge is 0.222 e. The van der Waals surface area contributed by atoms with Crippen molar-refractivity contribution in [1.29, 1.82) is 0 Å². The molecule has 0 bridgehead atoms. The fourth-order valence-corrected chi connectivity index (χ4v) is 2.70. The van der Waals surface area contributed by atoms with Gasteiger partial charge in [0.2, 0.25) is 11.8 Å². The fourth-order valence-electron chi connectivity index (χ4n) is 2.56. The monoisotopic (exact) mass is 244 g/mol.